The number of rotatable bonds is 2. The molecule has 0 spiro atoms. The summed E-state index contributed by atoms with van der Waals surface area (Å²) in [5, 5.41) is 12.7. The summed E-state index contributed by atoms with van der Waals surface area (Å²) in [5.74, 6) is -1.40. The van der Waals surface area contributed by atoms with E-state index >= 15 is 0 Å². The molecule has 0 bridgehead atoms. The first-order valence-electron chi connectivity index (χ1n) is 5.08. The van der Waals surface area contributed by atoms with E-state index in [0.29, 0.717) is 25.1 Å². The summed E-state index contributed by atoms with van der Waals surface area (Å²) in [7, 11) is 1.74. The zero-order chi connectivity index (χ0) is 11.7. The van der Waals surface area contributed by atoms with Crippen LogP contribution in [0.15, 0.2) is 12.4 Å². The molecule has 86 valence electrons. The van der Waals surface area contributed by atoms with Crippen LogP contribution in [0.25, 0.3) is 0 Å². The molecule has 2 rings (SSSR count). The number of nitrogens with zero attached hydrogens (tertiary/aromatic N) is 3. The predicted molar refractivity (Wildman–Crippen MR) is 54.9 cm³/mol. The zero-order valence-corrected chi connectivity index (χ0v) is 8.96. The average molecular weight is 223 g/mol. The molecule has 1 atom stereocenters. The normalized spacial score (nSPS) is 20.1. The van der Waals surface area contributed by atoms with E-state index < -0.39 is 11.9 Å². The summed E-state index contributed by atoms with van der Waals surface area (Å²) in [6, 6.07) is 0. The minimum atomic E-state index is -0.832. The lowest BCUT2D eigenvalue weighted by atomic mass is 10.1. The maximum Gasteiger partial charge on any atom is 0.308 e. The Morgan fingerprint density at radius 2 is 2.31 bits per heavy atom. The number of amides is 1. The van der Waals surface area contributed by atoms with Crippen LogP contribution in [0.4, 0.5) is 0 Å². The van der Waals surface area contributed by atoms with Crippen LogP contribution in [0.2, 0.25) is 0 Å². The van der Waals surface area contributed by atoms with Crippen LogP contribution >= 0.6 is 0 Å². The quantitative estimate of drug-likeness (QED) is 0.763. The van der Waals surface area contributed by atoms with E-state index in [9.17, 15) is 9.59 Å². The van der Waals surface area contributed by atoms with Crippen molar-refractivity contribution >= 4 is 11.9 Å². The van der Waals surface area contributed by atoms with Crippen molar-refractivity contribution in [2.75, 3.05) is 13.1 Å². The molecule has 1 aromatic rings. The summed E-state index contributed by atoms with van der Waals surface area (Å²) in [6.45, 7) is 0.799. The number of aliphatic carboxylic acids is 1. The molecular formula is C10H13N3O3. The molecule has 0 saturated carbocycles. The fourth-order valence-electron chi connectivity index (χ4n) is 1.86. The van der Waals surface area contributed by atoms with Crippen molar-refractivity contribution in [1.82, 2.24) is 14.7 Å². The van der Waals surface area contributed by atoms with Crippen LogP contribution < -0.4 is 0 Å². The first kappa shape index (κ1) is 10.7. The van der Waals surface area contributed by atoms with Crippen molar-refractivity contribution in [3.63, 3.8) is 0 Å². The van der Waals surface area contributed by atoms with Crippen LogP contribution in [0, 0.1) is 5.92 Å². The van der Waals surface area contributed by atoms with Crippen LogP contribution in [-0.4, -0.2) is 44.8 Å². The van der Waals surface area contributed by atoms with Crippen LogP contribution in [0.5, 0.6) is 0 Å². The van der Waals surface area contributed by atoms with Gasteiger partial charge in [0.05, 0.1) is 17.7 Å². The third-order valence-corrected chi connectivity index (χ3v) is 2.78. The van der Waals surface area contributed by atoms with Gasteiger partial charge in [0.15, 0.2) is 0 Å². The number of carbonyl (C=O) groups excluding carboxylic acids is 1. The molecule has 1 amide bonds. The molecule has 0 aliphatic carbocycles. The lowest BCUT2D eigenvalue weighted by Gasteiger charge is -2.14. The maximum atomic E-state index is 11.9. The number of hydrogen-bond donors (Lipinski definition) is 1. The average Bonchev–Trinajstić information content (AvgIpc) is 2.84. The molecule has 1 aromatic heterocycles. The Balaban J connectivity index is 2.05. The molecule has 6 heteroatoms. The van der Waals surface area contributed by atoms with Crippen LogP contribution in [0.3, 0.4) is 0 Å². The molecule has 0 radical (unpaired) electrons. The molecule has 1 aliphatic rings. The molecule has 1 fully saturated rings. The lowest BCUT2D eigenvalue weighted by Crippen LogP contribution is -2.29. The van der Waals surface area contributed by atoms with Gasteiger partial charge in [-0.05, 0) is 6.42 Å². The predicted octanol–water partition coefficient (Wildman–Crippen LogP) is -0.0332. The Morgan fingerprint density at radius 1 is 1.56 bits per heavy atom. The van der Waals surface area contributed by atoms with Gasteiger partial charge in [-0.2, -0.15) is 5.10 Å². The van der Waals surface area contributed by atoms with Crippen molar-refractivity contribution in [3.8, 4) is 0 Å². The molecule has 1 unspecified atom stereocenters. The fourth-order valence-corrected chi connectivity index (χ4v) is 1.86. The van der Waals surface area contributed by atoms with Crippen LogP contribution in [-0.2, 0) is 11.8 Å². The van der Waals surface area contributed by atoms with Crippen molar-refractivity contribution in [1.29, 1.82) is 0 Å². The third-order valence-electron chi connectivity index (χ3n) is 2.78. The highest BCUT2D eigenvalue weighted by Gasteiger charge is 2.31. The molecular weight excluding hydrogens is 210 g/mol. The summed E-state index contributed by atoms with van der Waals surface area (Å²) in [5.41, 5.74) is 0.508. The Kier molecular flexibility index (Phi) is 2.64. The van der Waals surface area contributed by atoms with Crippen molar-refractivity contribution in [3.05, 3.63) is 18.0 Å². The maximum absolute atomic E-state index is 11.9. The van der Waals surface area contributed by atoms with E-state index in [-0.39, 0.29) is 5.91 Å². The van der Waals surface area contributed by atoms with Crippen LogP contribution in [0.1, 0.15) is 16.8 Å². The van der Waals surface area contributed by atoms with E-state index in [2.05, 4.69) is 5.10 Å². The summed E-state index contributed by atoms with van der Waals surface area (Å²) in [4.78, 5) is 24.2. The van der Waals surface area contributed by atoms with E-state index in [1.165, 1.54) is 6.20 Å². The summed E-state index contributed by atoms with van der Waals surface area (Å²) >= 11 is 0. The Labute approximate surface area is 92.5 Å². The van der Waals surface area contributed by atoms with Gasteiger partial charge in [-0.3, -0.25) is 14.3 Å². The minimum absolute atomic E-state index is 0.142. The highest BCUT2D eigenvalue weighted by atomic mass is 16.4. The second kappa shape index (κ2) is 3.96. The number of hydrogen-bond acceptors (Lipinski definition) is 3. The topological polar surface area (TPSA) is 75.4 Å². The first-order valence-corrected chi connectivity index (χ1v) is 5.08. The van der Waals surface area contributed by atoms with Crippen molar-refractivity contribution in [2.45, 2.75) is 6.42 Å². The zero-order valence-electron chi connectivity index (χ0n) is 8.96. The van der Waals surface area contributed by atoms with Gasteiger partial charge in [0, 0.05) is 26.3 Å². The number of carbonyl (C=O) groups is 2. The first-order chi connectivity index (χ1) is 7.58. The van der Waals surface area contributed by atoms with E-state index in [0.717, 1.165) is 0 Å². The highest BCUT2D eigenvalue weighted by Crippen LogP contribution is 2.18. The SMILES string of the molecule is Cn1cc(C(=O)N2CCC(C(=O)O)C2)cn1. The third kappa shape index (κ3) is 1.91. The van der Waals surface area contributed by atoms with Gasteiger partial charge in [-0.25, -0.2) is 0 Å². The summed E-state index contributed by atoms with van der Waals surface area (Å²) < 4.78 is 1.55. The van der Waals surface area contributed by atoms with Gasteiger partial charge in [0.25, 0.3) is 5.91 Å². The Hall–Kier alpha value is -1.85. The molecule has 6 nitrogen and oxygen atoms in total. The summed E-state index contributed by atoms with van der Waals surface area (Å²) in [6.07, 6.45) is 3.66. The Morgan fingerprint density at radius 3 is 2.81 bits per heavy atom. The second-order valence-electron chi connectivity index (χ2n) is 3.98. The molecule has 1 saturated heterocycles. The lowest BCUT2D eigenvalue weighted by molar-refractivity contribution is -0.141. The molecule has 2 heterocycles. The largest absolute Gasteiger partial charge is 0.481 e. The molecule has 0 aromatic carbocycles. The fraction of sp³-hybridized carbons (Fsp3) is 0.500. The van der Waals surface area contributed by atoms with E-state index in [1.54, 1.807) is 22.8 Å². The van der Waals surface area contributed by atoms with Crippen molar-refractivity contribution in [2.24, 2.45) is 13.0 Å². The molecule has 1 N–H and O–H groups in total. The van der Waals surface area contributed by atoms with Gasteiger partial charge in [-0.15, -0.1) is 0 Å². The standard InChI is InChI=1S/C10H13N3O3/c1-12-5-8(4-11-12)9(14)13-3-2-7(6-13)10(15)16/h4-5,7H,2-3,6H2,1H3,(H,15,16). The second-order valence-corrected chi connectivity index (χ2v) is 3.98. The van der Waals surface area contributed by atoms with Gasteiger partial charge in [0.2, 0.25) is 0 Å². The minimum Gasteiger partial charge on any atom is -0.481 e. The number of carboxylic acid groups (broad SMARTS) is 1. The van der Waals surface area contributed by atoms with Gasteiger partial charge >= 0.3 is 5.97 Å². The number of carboxylic acids is 1. The number of aromatic nitrogens is 2. The Bertz CT molecular complexity index is 427. The van der Waals surface area contributed by atoms with E-state index in [1.807, 2.05) is 0 Å². The van der Waals surface area contributed by atoms with E-state index in [4.69, 9.17) is 5.11 Å². The molecule has 16 heavy (non-hydrogen) atoms. The highest BCUT2D eigenvalue weighted by molar-refractivity contribution is 5.94. The smallest absolute Gasteiger partial charge is 0.308 e. The van der Waals surface area contributed by atoms with Gasteiger partial charge in [0.1, 0.15) is 0 Å². The molecule has 1 aliphatic heterocycles. The number of likely N-dealkylation sites (tertiary alicyclic amines) is 1. The van der Waals surface area contributed by atoms with Gasteiger partial charge in [-0.1, -0.05) is 0 Å². The van der Waals surface area contributed by atoms with Crippen molar-refractivity contribution < 1.29 is 14.7 Å². The van der Waals surface area contributed by atoms with Gasteiger partial charge < -0.3 is 10.0 Å². The number of aryl methyl sites for hydroxylation is 1. The monoisotopic (exact) mass is 223 g/mol.